The van der Waals surface area contributed by atoms with Crippen LogP contribution in [0.2, 0.25) is 5.02 Å². The first kappa shape index (κ1) is 17.9. The van der Waals surface area contributed by atoms with Crippen LogP contribution in [0.5, 0.6) is 0 Å². The SMILES string of the molecule is Cc1c(CCC#N)c(Nc2ccc(Cl)cc2)[n+]2c([nH]c3ccccc32)c1C#N. The molecular weight excluding hydrogens is 370 g/mol. The molecule has 0 bridgehead atoms. The fourth-order valence-electron chi connectivity index (χ4n) is 3.55. The van der Waals surface area contributed by atoms with Crippen molar-refractivity contribution in [3.8, 4) is 12.1 Å². The Balaban J connectivity index is 2.07. The van der Waals surface area contributed by atoms with Crippen LogP contribution < -0.4 is 9.72 Å². The molecule has 0 saturated heterocycles. The molecule has 6 heteroatoms. The summed E-state index contributed by atoms with van der Waals surface area (Å²) in [5.41, 5.74) is 5.93. The number of H-pyrrole nitrogens is 1. The maximum absolute atomic E-state index is 9.82. The van der Waals surface area contributed by atoms with Gasteiger partial charge < -0.3 is 0 Å². The molecule has 2 heterocycles. The molecule has 2 aromatic carbocycles. The van der Waals surface area contributed by atoms with Crippen LogP contribution in [-0.4, -0.2) is 4.98 Å². The highest BCUT2D eigenvalue weighted by atomic mass is 35.5. The summed E-state index contributed by atoms with van der Waals surface area (Å²) in [6.07, 6.45) is 0.921. The zero-order chi connectivity index (χ0) is 19.7. The van der Waals surface area contributed by atoms with Crippen LogP contribution in [-0.2, 0) is 6.42 Å². The number of fused-ring (bicyclic) bond motifs is 3. The highest BCUT2D eigenvalue weighted by Crippen LogP contribution is 2.28. The number of anilines is 2. The van der Waals surface area contributed by atoms with Crippen molar-refractivity contribution in [3.05, 3.63) is 70.2 Å². The maximum Gasteiger partial charge on any atom is 0.250 e. The molecule has 0 unspecified atom stereocenters. The fraction of sp³-hybridized carbons (Fsp3) is 0.136. The summed E-state index contributed by atoms with van der Waals surface area (Å²) in [6.45, 7) is 1.93. The summed E-state index contributed by atoms with van der Waals surface area (Å²) in [5.74, 6) is 0.849. The number of nitriles is 2. The molecule has 28 heavy (non-hydrogen) atoms. The first-order valence-corrected chi connectivity index (χ1v) is 9.29. The Kier molecular flexibility index (Phi) is 4.61. The summed E-state index contributed by atoms with van der Waals surface area (Å²) in [5, 5.41) is 23.1. The van der Waals surface area contributed by atoms with Crippen LogP contribution >= 0.6 is 11.6 Å². The lowest BCUT2D eigenvalue weighted by Crippen LogP contribution is -2.28. The van der Waals surface area contributed by atoms with Gasteiger partial charge in [0, 0.05) is 17.0 Å². The van der Waals surface area contributed by atoms with E-state index in [9.17, 15) is 5.26 Å². The third-order valence-corrected chi connectivity index (χ3v) is 5.15. The van der Waals surface area contributed by atoms with Gasteiger partial charge in [-0.25, -0.2) is 0 Å². The molecule has 4 aromatic rings. The molecule has 2 N–H and O–H groups in total. The number of pyridine rings is 1. The molecule has 0 spiro atoms. The largest absolute Gasteiger partial charge is 0.273 e. The van der Waals surface area contributed by atoms with Crippen molar-refractivity contribution in [2.75, 3.05) is 5.32 Å². The van der Waals surface area contributed by atoms with Gasteiger partial charge in [-0.05, 0) is 55.3 Å². The third-order valence-electron chi connectivity index (χ3n) is 4.90. The van der Waals surface area contributed by atoms with Gasteiger partial charge in [-0.2, -0.15) is 14.9 Å². The number of benzene rings is 2. The number of halogens is 1. The standard InChI is InChI=1S/C22H16ClN5/c1-14-17(5-4-12-24)21(26-16-10-8-15(23)9-11-16)28-20-7-3-2-6-19(20)27-22(28)18(14)13-25/h2-3,6-11H,4-5H2,1H3,(H,26,27)/p+1. The molecule has 136 valence electrons. The van der Waals surface area contributed by atoms with Crippen LogP contribution in [0.25, 0.3) is 16.7 Å². The van der Waals surface area contributed by atoms with E-state index in [1.54, 1.807) is 0 Å². The van der Waals surface area contributed by atoms with Crippen LogP contribution in [0.15, 0.2) is 48.5 Å². The number of nitrogens with one attached hydrogen (secondary N) is 2. The van der Waals surface area contributed by atoms with E-state index in [1.807, 2.05) is 59.9 Å². The molecule has 0 fully saturated rings. The number of para-hydroxylation sites is 2. The molecule has 0 aliphatic heterocycles. The number of aromatic amines is 1. The number of rotatable bonds is 4. The molecule has 0 saturated carbocycles. The second kappa shape index (κ2) is 7.23. The van der Waals surface area contributed by atoms with Crippen molar-refractivity contribution in [2.45, 2.75) is 19.8 Å². The Hall–Kier alpha value is -3.54. The van der Waals surface area contributed by atoms with Crippen LogP contribution in [0.4, 0.5) is 11.5 Å². The molecule has 0 aliphatic carbocycles. The van der Waals surface area contributed by atoms with E-state index in [1.165, 1.54) is 0 Å². The minimum absolute atomic E-state index is 0.370. The second-order valence-electron chi connectivity index (χ2n) is 6.56. The van der Waals surface area contributed by atoms with Crippen molar-refractivity contribution in [3.63, 3.8) is 0 Å². The smallest absolute Gasteiger partial charge is 0.250 e. The van der Waals surface area contributed by atoms with Gasteiger partial charge in [0.15, 0.2) is 0 Å². The van der Waals surface area contributed by atoms with E-state index in [0.29, 0.717) is 23.4 Å². The molecule has 0 amide bonds. The highest BCUT2D eigenvalue weighted by Gasteiger charge is 2.25. The van der Waals surface area contributed by atoms with E-state index in [0.717, 1.165) is 39.3 Å². The van der Waals surface area contributed by atoms with Gasteiger partial charge in [-0.1, -0.05) is 23.7 Å². The van der Waals surface area contributed by atoms with Gasteiger partial charge in [0.25, 0.3) is 0 Å². The van der Waals surface area contributed by atoms with E-state index in [2.05, 4.69) is 22.4 Å². The predicted octanol–water partition coefficient (Wildman–Crippen LogP) is 4.94. The van der Waals surface area contributed by atoms with Gasteiger partial charge in [0.1, 0.15) is 22.7 Å². The molecule has 4 rings (SSSR count). The summed E-state index contributed by atoms with van der Waals surface area (Å²) < 4.78 is 2.03. The highest BCUT2D eigenvalue weighted by molar-refractivity contribution is 6.30. The summed E-state index contributed by atoms with van der Waals surface area (Å²) >= 11 is 6.02. The number of hydrogen-bond acceptors (Lipinski definition) is 3. The minimum Gasteiger partial charge on any atom is -0.273 e. The summed E-state index contributed by atoms with van der Waals surface area (Å²) in [7, 11) is 0. The van der Waals surface area contributed by atoms with Gasteiger partial charge in [0.05, 0.1) is 11.8 Å². The summed E-state index contributed by atoms with van der Waals surface area (Å²) in [6, 6.07) is 19.9. The predicted molar refractivity (Wildman–Crippen MR) is 110 cm³/mol. The number of nitrogens with zero attached hydrogens (tertiary/aromatic N) is 3. The summed E-state index contributed by atoms with van der Waals surface area (Å²) in [4.78, 5) is 3.37. The number of aromatic nitrogens is 2. The number of imidazole rings is 1. The monoisotopic (exact) mass is 386 g/mol. The van der Waals surface area contributed by atoms with E-state index in [-0.39, 0.29) is 0 Å². The van der Waals surface area contributed by atoms with Crippen molar-refractivity contribution in [1.82, 2.24) is 4.98 Å². The van der Waals surface area contributed by atoms with Crippen LogP contribution in [0, 0.1) is 29.6 Å². The van der Waals surface area contributed by atoms with Crippen molar-refractivity contribution in [1.29, 1.82) is 10.5 Å². The van der Waals surface area contributed by atoms with Crippen molar-refractivity contribution >= 4 is 39.8 Å². The molecule has 2 aromatic heterocycles. The second-order valence-corrected chi connectivity index (χ2v) is 6.99. The molecule has 0 aliphatic rings. The quantitative estimate of drug-likeness (QED) is 0.487. The average Bonchev–Trinajstić information content (AvgIpc) is 3.08. The Morgan fingerprint density at radius 3 is 2.57 bits per heavy atom. The van der Waals surface area contributed by atoms with Gasteiger partial charge in [0.2, 0.25) is 11.5 Å². The Labute approximate surface area is 167 Å². The Morgan fingerprint density at radius 1 is 1.11 bits per heavy atom. The fourth-order valence-corrected chi connectivity index (χ4v) is 3.68. The van der Waals surface area contributed by atoms with Crippen LogP contribution in [0.1, 0.15) is 23.1 Å². The average molecular weight is 387 g/mol. The Bertz CT molecular complexity index is 1270. The van der Waals surface area contributed by atoms with Crippen molar-refractivity contribution in [2.24, 2.45) is 0 Å². The maximum atomic E-state index is 9.82. The van der Waals surface area contributed by atoms with Crippen LogP contribution in [0.3, 0.4) is 0 Å². The zero-order valence-electron chi connectivity index (χ0n) is 15.3. The normalized spacial score (nSPS) is 10.7. The van der Waals surface area contributed by atoms with Gasteiger partial charge >= 0.3 is 0 Å². The molecule has 0 radical (unpaired) electrons. The van der Waals surface area contributed by atoms with E-state index >= 15 is 0 Å². The first-order chi connectivity index (χ1) is 13.6. The van der Waals surface area contributed by atoms with Crippen molar-refractivity contribution < 1.29 is 4.40 Å². The topological polar surface area (TPSA) is 79.5 Å². The third kappa shape index (κ3) is 2.93. The Morgan fingerprint density at radius 2 is 1.86 bits per heavy atom. The molecule has 5 nitrogen and oxygen atoms in total. The lowest BCUT2D eigenvalue weighted by molar-refractivity contribution is -0.465. The van der Waals surface area contributed by atoms with Gasteiger partial charge in [-0.3, -0.25) is 10.3 Å². The lowest BCUT2D eigenvalue weighted by Gasteiger charge is -2.13. The minimum atomic E-state index is 0.370. The first-order valence-electron chi connectivity index (χ1n) is 8.91. The molecular formula is C22H17ClN5+. The van der Waals surface area contributed by atoms with E-state index < -0.39 is 0 Å². The zero-order valence-corrected chi connectivity index (χ0v) is 16.0. The molecule has 0 atom stereocenters. The van der Waals surface area contributed by atoms with Gasteiger partial charge in [-0.15, -0.1) is 0 Å². The lowest BCUT2D eigenvalue weighted by atomic mass is 10.0. The van der Waals surface area contributed by atoms with E-state index in [4.69, 9.17) is 16.9 Å². The number of hydrogen-bond donors (Lipinski definition) is 2.